The van der Waals surface area contributed by atoms with Crippen molar-refractivity contribution in [1.82, 2.24) is 20.0 Å². The third-order valence-corrected chi connectivity index (χ3v) is 2.87. The van der Waals surface area contributed by atoms with Crippen molar-refractivity contribution in [3.8, 4) is 0 Å². The van der Waals surface area contributed by atoms with E-state index < -0.39 is 0 Å². The lowest BCUT2D eigenvalue weighted by Crippen LogP contribution is -2.43. The van der Waals surface area contributed by atoms with E-state index in [1.54, 1.807) is 7.11 Å². The van der Waals surface area contributed by atoms with E-state index >= 15 is 0 Å². The summed E-state index contributed by atoms with van der Waals surface area (Å²) in [5, 5.41) is 5.60. The van der Waals surface area contributed by atoms with Gasteiger partial charge in [0.25, 0.3) is 0 Å². The van der Waals surface area contributed by atoms with E-state index in [1.165, 1.54) is 0 Å². The monoisotopic (exact) mass is 276 g/mol. The third-order valence-electron chi connectivity index (χ3n) is 2.87. The van der Waals surface area contributed by atoms with Gasteiger partial charge in [0.2, 0.25) is 0 Å². The molecule has 6 heteroatoms. The molecule has 0 saturated carbocycles. The zero-order valence-corrected chi connectivity index (χ0v) is 11.8. The number of aromatic nitrogens is 2. The fourth-order valence-corrected chi connectivity index (χ4v) is 1.98. The van der Waals surface area contributed by atoms with Crippen LogP contribution in [-0.4, -0.2) is 41.7 Å². The number of pyridine rings is 1. The number of carbonyl (C=O) groups is 1. The van der Waals surface area contributed by atoms with Gasteiger partial charge >= 0.3 is 6.03 Å². The first-order valence-corrected chi connectivity index (χ1v) is 6.65. The number of imidazole rings is 1. The Morgan fingerprint density at radius 3 is 3.10 bits per heavy atom. The minimum Gasteiger partial charge on any atom is -0.383 e. The largest absolute Gasteiger partial charge is 0.383 e. The van der Waals surface area contributed by atoms with Crippen molar-refractivity contribution in [2.45, 2.75) is 19.4 Å². The Kier molecular flexibility index (Phi) is 4.95. The second kappa shape index (κ2) is 6.91. The standard InChI is InChI=1S/C14H20N4O2/c1-11(10-20-2)16-14(19)15-7-6-12-9-18-8-4-3-5-13(18)17-12/h3-5,8-9,11H,6-7,10H2,1-2H3,(H2,15,16,19)/t11-/m0/s1. The van der Waals surface area contributed by atoms with Crippen LogP contribution in [0.1, 0.15) is 12.6 Å². The van der Waals surface area contributed by atoms with Crippen molar-refractivity contribution < 1.29 is 9.53 Å². The number of nitrogens with zero attached hydrogens (tertiary/aromatic N) is 2. The Labute approximate surface area is 118 Å². The van der Waals surface area contributed by atoms with Gasteiger partial charge in [0, 0.05) is 32.5 Å². The van der Waals surface area contributed by atoms with Crippen molar-refractivity contribution in [1.29, 1.82) is 0 Å². The number of hydrogen-bond donors (Lipinski definition) is 2. The highest BCUT2D eigenvalue weighted by molar-refractivity contribution is 5.74. The van der Waals surface area contributed by atoms with Crippen LogP contribution < -0.4 is 10.6 Å². The Bertz CT molecular complexity index is 534. The number of ether oxygens (including phenoxy) is 1. The van der Waals surface area contributed by atoms with Gasteiger partial charge in [-0.1, -0.05) is 6.07 Å². The van der Waals surface area contributed by atoms with Crippen LogP contribution in [0.4, 0.5) is 4.79 Å². The Hall–Kier alpha value is -2.08. The van der Waals surface area contributed by atoms with Crippen molar-refractivity contribution in [3.63, 3.8) is 0 Å². The molecule has 0 saturated heterocycles. The lowest BCUT2D eigenvalue weighted by Gasteiger charge is -2.13. The number of amides is 2. The Morgan fingerprint density at radius 2 is 2.35 bits per heavy atom. The normalized spacial score (nSPS) is 12.3. The van der Waals surface area contributed by atoms with E-state index in [9.17, 15) is 4.79 Å². The molecule has 0 unspecified atom stereocenters. The van der Waals surface area contributed by atoms with Gasteiger partial charge in [0.15, 0.2) is 0 Å². The van der Waals surface area contributed by atoms with E-state index in [0.717, 1.165) is 11.3 Å². The number of nitrogens with one attached hydrogen (secondary N) is 2. The molecule has 0 fully saturated rings. The van der Waals surface area contributed by atoms with E-state index in [1.807, 2.05) is 41.9 Å². The van der Waals surface area contributed by atoms with Crippen LogP contribution >= 0.6 is 0 Å². The molecule has 0 aliphatic heterocycles. The summed E-state index contributed by atoms with van der Waals surface area (Å²) < 4.78 is 6.93. The molecule has 0 spiro atoms. The van der Waals surface area contributed by atoms with Crippen LogP contribution in [0.25, 0.3) is 5.65 Å². The van der Waals surface area contributed by atoms with Gasteiger partial charge in [-0.15, -0.1) is 0 Å². The number of methoxy groups -OCH3 is 1. The molecule has 2 aromatic rings. The summed E-state index contributed by atoms with van der Waals surface area (Å²) in [6.45, 7) is 2.94. The van der Waals surface area contributed by atoms with Crippen LogP contribution in [0.5, 0.6) is 0 Å². The van der Waals surface area contributed by atoms with Gasteiger partial charge in [-0.25, -0.2) is 9.78 Å². The van der Waals surface area contributed by atoms with Crippen molar-refractivity contribution in [2.75, 3.05) is 20.3 Å². The highest BCUT2D eigenvalue weighted by Crippen LogP contribution is 2.04. The third kappa shape index (κ3) is 3.96. The molecule has 0 radical (unpaired) electrons. The fraction of sp³-hybridized carbons (Fsp3) is 0.429. The maximum atomic E-state index is 11.6. The first-order valence-electron chi connectivity index (χ1n) is 6.65. The highest BCUT2D eigenvalue weighted by Gasteiger charge is 2.06. The maximum Gasteiger partial charge on any atom is 0.315 e. The second-order valence-corrected chi connectivity index (χ2v) is 4.70. The summed E-state index contributed by atoms with van der Waals surface area (Å²) in [5.74, 6) is 0. The molecular formula is C14H20N4O2. The van der Waals surface area contributed by atoms with Crippen LogP contribution in [-0.2, 0) is 11.2 Å². The van der Waals surface area contributed by atoms with Gasteiger partial charge in [-0.05, 0) is 19.1 Å². The maximum absolute atomic E-state index is 11.6. The molecule has 6 nitrogen and oxygen atoms in total. The first-order chi connectivity index (χ1) is 9.69. The molecule has 0 aliphatic rings. The molecule has 0 aromatic carbocycles. The predicted octanol–water partition coefficient (Wildman–Crippen LogP) is 1.21. The average Bonchev–Trinajstić information content (AvgIpc) is 2.81. The molecule has 2 N–H and O–H groups in total. The first kappa shape index (κ1) is 14.3. The highest BCUT2D eigenvalue weighted by atomic mass is 16.5. The van der Waals surface area contributed by atoms with Crippen LogP contribution in [0, 0.1) is 0 Å². The summed E-state index contributed by atoms with van der Waals surface area (Å²) in [7, 11) is 1.61. The molecule has 0 bridgehead atoms. The van der Waals surface area contributed by atoms with E-state index in [2.05, 4.69) is 15.6 Å². The SMILES string of the molecule is COC[C@H](C)NC(=O)NCCc1cn2ccccc2n1. The number of carbonyl (C=O) groups excluding carboxylic acids is 1. The quantitative estimate of drug-likeness (QED) is 0.833. The zero-order valence-electron chi connectivity index (χ0n) is 11.8. The van der Waals surface area contributed by atoms with Gasteiger partial charge < -0.3 is 19.8 Å². The molecule has 2 rings (SSSR count). The van der Waals surface area contributed by atoms with E-state index in [4.69, 9.17) is 4.74 Å². The van der Waals surface area contributed by atoms with E-state index in [-0.39, 0.29) is 12.1 Å². The number of rotatable bonds is 6. The molecular weight excluding hydrogens is 256 g/mol. The topological polar surface area (TPSA) is 67.7 Å². The minimum atomic E-state index is -0.182. The minimum absolute atomic E-state index is 0.00445. The smallest absolute Gasteiger partial charge is 0.315 e. The molecule has 2 aromatic heterocycles. The second-order valence-electron chi connectivity index (χ2n) is 4.70. The van der Waals surface area contributed by atoms with Crippen LogP contribution in [0.3, 0.4) is 0 Å². The fourth-order valence-electron chi connectivity index (χ4n) is 1.98. The summed E-state index contributed by atoms with van der Waals surface area (Å²) in [6, 6.07) is 5.68. The molecule has 2 heterocycles. The zero-order chi connectivity index (χ0) is 14.4. The number of urea groups is 1. The van der Waals surface area contributed by atoms with Crippen LogP contribution in [0.15, 0.2) is 30.6 Å². The summed E-state index contributed by atoms with van der Waals surface area (Å²) in [5.41, 5.74) is 1.88. The van der Waals surface area contributed by atoms with Gasteiger partial charge in [-0.2, -0.15) is 0 Å². The molecule has 108 valence electrons. The van der Waals surface area contributed by atoms with Gasteiger partial charge in [-0.3, -0.25) is 0 Å². The lowest BCUT2D eigenvalue weighted by molar-refractivity contribution is 0.171. The summed E-state index contributed by atoms with van der Waals surface area (Å²) >= 11 is 0. The molecule has 0 aliphatic carbocycles. The summed E-state index contributed by atoms with van der Waals surface area (Å²) in [6.07, 6.45) is 4.63. The Balaban J connectivity index is 1.76. The number of hydrogen-bond acceptors (Lipinski definition) is 3. The van der Waals surface area contributed by atoms with Crippen molar-refractivity contribution >= 4 is 11.7 Å². The molecule has 1 atom stereocenters. The summed E-state index contributed by atoms with van der Waals surface area (Å²) in [4.78, 5) is 16.1. The molecule has 20 heavy (non-hydrogen) atoms. The molecule has 2 amide bonds. The Morgan fingerprint density at radius 1 is 1.50 bits per heavy atom. The van der Waals surface area contributed by atoms with E-state index in [0.29, 0.717) is 19.6 Å². The predicted molar refractivity (Wildman–Crippen MR) is 76.8 cm³/mol. The van der Waals surface area contributed by atoms with Crippen molar-refractivity contribution in [2.24, 2.45) is 0 Å². The van der Waals surface area contributed by atoms with Crippen LogP contribution in [0.2, 0.25) is 0 Å². The lowest BCUT2D eigenvalue weighted by atomic mass is 10.3. The van der Waals surface area contributed by atoms with Gasteiger partial charge in [0.05, 0.1) is 18.3 Å². The van der Waals surface area contributed by atoms with Crippen molar-refractivity contribution in [3.05, 3.63) is 36.3 Å². The number of fused-ring (bicyclic) bond motifs is 1. The van der Waals surface area contributed by atoms with Gasteiger partial charge in [0.1, 0.15) is 5.65 Å². The average molecular weight is 276 g/mol.